The Hall–Kier alpha value is -3.02. The zero-order chi connectivity index (χ0) is 23.4. The highest BCUT2D eigenvalue weighted by Crippen LogP contribution is 2.44. The van der Waals surface area contributed by atoms with E-state index in [1.54, 1.807) is 18.2 Å². The van der Waals surface area contributed by atoms with Gasteiger partial charge in [0, 0.05) is 16.0 Å². The molecule has 0 aliphatic heterocycles. The number of carboxylic acids is 1. The van der Waals surface area contributed by atoms with E-state index < -0.39 is 18.1 Å². The molecular weight excluding hydrogens is 461 g/mol. The minimum Gasteiger partial charge on any atom is -0.480 e. The van der Waals surface area contributed by atoms with E-state index in [4.69, 9.17) is 27.9 Å². The van der Waals surface area contributed by atoms with Crippen LogP contribution in [0.3, 0.4) is 0 Å². The van der Waals surface area contributed by atoms with Crippen LogP contribution >= 0.6 is 23.2 Å². The van der Waals surface area contributed by atoms with Crippen molar-refractivity contribution in [3.05, 3.63) is 93.5 Å². The molecule has 0 heterocycles. The SMILES string of the molecule is O=C(N[C@@H](CCCc1c(Cl)cccc1Cl)C(=O)O)OCC1c2ccccc2-c2ccccc21. The largest absolute Gasteiger partial charge is 0.480 e. The third-order valence-electron chi connectivity index (χ3n) is 5.92. The van der Waals surface area contributed by atoms with E-state index in [-0.39, 0.29) is 18.9 Å². The molecule has 0 fully saturated rings. The molecule has 5 nitrogen and oxygen atoms in total. The van der Waals surface area contributed by atoms with Gasteiger partial charge in [-0.15, -0.1) is 0 Å². The minimum atomic E-state index is -1.12. The van der Waals surface area contributed by atoms with Gasteiger partial charge in [-0.2, -0.15) is 0 Å². The lowest BCUT2D eigenvalue weighted by molar-refractivity contribution is -0.139. The van der Waals surface area contributed by atoms with Crippen LogP contribution in [0.4, 0.5) is 4.79 Å². The predicted molar refractivity (Wildman–Crippen MR) is 129 cm³/mol. The number of ether oxygens (including phenoxy) is 1. The van der Waals surface area contributed by atoms with Crippen LogP contribution in [0.25, 0.3) is 11.1 Å². The average Bonchev–Trinajstić information content (AvgIpc) is 3.12. The standard InChI is InChI=1S/C26H23Cl2NO4/c27-22-12-6-13-23(28)20(22)11-5-14-24(25(30)31)29-26(32)33-15-21-18-9-3-1-7-16(18)17-8-2-4-10-19(17)21/h1-4,6-10,12-13,21,24H,5,11,14-15H2,(H,29,32)(H,30,31)/t24-/m0/s1. The summed E-state index contributed by atoms with van der Waals surface area (Å²) in [6.45, 7) is 0.126. The second-order valence-electron chi connectivity index (χ2n) is 7.95. The third-order valence-corrected chi connectivity index (χ3v) is 6.62. The normalized spacial score (nSPS) is 13.2. The Morgan fingerprint density at radius 2 is 1.48 bits per heavy atom. The Morgan fingerprint density at radius 3 is 2.06 bits per heavy atom. The molecule has 1 aliphatic rings. The van der Waals surface area contributed by atoms with Gasteiger partial charge in [-0.05, 0) is 59.2 Å². The van der Waals surface area contributed by atoms with Crippen LogP contribution < -0.4 is 5.32 Å². The van der Waals surface area contributed by atoms with Crippen LogP contribution in [0.2, 0.25) is 10.0 Å². The first-order valence-corrected chi connectivity index (χ1v) is 11.5. The first-order valence-electron chi connectivity index (χ1n) is 10.7. The summed E-state index contributed by atoms with van der Waals surface area (Å²) < 4.78 is 5.47. The van der Waals surface area contributed by atoms with Crippen molar-refractivity contribution < 1.29 is 19.4 Å². The van der Waals surface area contributed by atoms with Gasteiger partial charge in [-0.1, -0.05) is 77.8 Å². The van der Waals surface area contributed by atoms with E-state index in [1.165, 1.54) is 0 Å². The van der Waals surface area contributed by atoms with Crippen molar-refractivity contribution in [1.82, 2.24) is 5.32 Å². The van der Waals surface area contributed by atoms with E-state index in [0.717, 1.165) is 27.8 Å². The lowest BCUT2D eigenvalue weighted by Gasteiger charge is -2.17. The topological polar surface area (TPSA) is 75.6 Å². The van der Waals surface area contributed by atoms with Crippen LogP contribution in [0.1, 0.15) is 35.4 Å². The van der Waals surface area contributed by atoms with Crippen molar-refractivity contribution >= 4 is 35.3 Å². The summed E-state index contributed by atoms with van der Waals surface area (Å²) in [6, 6.07) is 20.2. The maximum Gasteiger partial charge on any atom is 0.407 e. The van der Waals surface area contributed by atoms with Crippen molar-refractivity contribution in [1.29, 1.82) is 0 Å². The number of rotatable bonds is 8. The summed E-state index contributed by atoms with van der Waals surface area (Å²) in [4.78, 5) is 24.1. The van der Waals surface area contributed by atoms with Crippen molar-refractivity contribution in [3.8, 4) is 11.1 Å². The second kappa shape index (κ2) is 10.3. The molecule has 1 amide bonds. The lowest BCUT2D eigenvalue weighted by Crippen LogP contribution is -2.41. The number of benzene rings is 3. The van der Waals surface area contributed by atoms with Crippen LogP contribution in [0.15, 0.2) is 66.7 Å². The monoisotopic (exact) mass is 483 g/mol. The second-order valence-corrected chi connectivity index (χ2v) is 8.77. The van der Waals surface area contributed by atoms with E-state index in [2.05, 4.69) is 17.4 Å². The number of carboxylic acid groups (broad SMARTS) is 1. The molecular formula is C26H23Cl2NO4. The molecule has 2 N–H and O–H groups in total. The number of alkyl carbamates (subject to hydrolysis) is 1. The number of halogens is 2. The van der Waals surface area contributed by atoms with Crippen molar-refractivity contribution in [2.75, 3.05) is 6.61 Å². The Kier molecular flexibility index (Phi) is 7.21. The first-order chi connectivity index (χ1) is 16.0. The molecule has 170 valence electrons. The van der Waals surface area contributed by atoms with E-state index in [1.807, 2.05) is 36.4 Å². The fourth-order valence-corrected chi connectivity index (χ4v) is 4.88. The number of nitrogens with one attached hydrogen (secondary N) is 1. The number of carbonyl (C=O) groups excluding carboxylic acids is 1. The summed E-state index contributed by atoms with van der Waals surface area (Å²) >= 11 is 12.4. The molecule has 0 aromatic heterocycles. The number of fused-ring (bicyclic) bond motifs is 3. The van der Waals surface area contributed by atoms with Gasteiger partial charge in [0.25, 0.3) is 0 Å². The Morgan fingerprint density at radius 1 is 0.909 bits per heavy atom. The van der Waals surface area contributed by atoms with Gasteiger partial charge in [0.15, 0.2) is 0 Å². The highest BCUT2D eigenvalue weighted by molar-refractivity contribution is 6.35. The van der Waals surface area contributed by atoms with Gasteiger partial charge in [-0.25, -0.2) is 9.59 Å². The fourth-order valence-electron chi connectivity index (χ4n) is 4.29. The summed E-state index contributed by atoms with van der Waals surface area (Å²) in [5.41, 5.74) is 5.22. The summed E-state index contributed by atoms with van der Waals surface area (Å²) in [5, 5.41) is 13.1. The Bertz CT molecular complexity index is 1110. The molecule has 7 heteroatoms. The van der Waals surface area contributed by atoms with Gasteiger partial charge >= 0.3 is 12.1 Å². The summed E-state index contributed by atoms with van der Waals surface area (Å²) in [5.74, 6) is -1.21. The van der Waals surface area contributed by atoms with Crippen molar-refractivity contribution in [2.24, 2.45) is 0 Å². The molecule has 4 rings (SSSR count). The fraction of sp³-hybridized carbons (Fsp3) is 0.231. The molecule has 33 heavy (non-hydrogen) atoms. The van der Waals surface area contributed by atoms with Crippen LogP contribution in [-0.4, -0.2) is 29.8 Å². The Labute approximate surface area is 202 Å². The van der Waals surface area contributed by atoms with Gasteiger partial charge in [0.05, 0.1) is 0 Å². The molecule has 1 atom stereocenters. The molecule has 0 unspecified atom stereocenters. The number of amides is 1. The minimum absolute atomic E-state index is 0.0891. The molecule has 3 aromatic carbocycles. The zero-order valence-corrected chi connectivity index (χ0v) is 19.3. The molecule has 0 spiro atoms. The highest BCUT2D eigenvalue weighted by atomic mass is 35.5. The van der Waals surface area contributed by atoms with Gasteiger partial charge in [0.2, 0.25) is 0 Å². The molecule has 1 aliphatic carbocycles. The van der Waals surface area contributed by atoms with E-state index >= 15 is 0 Å². The third kappa shape index (κ3) is 5.15. The van der Waals surface area contributed by atoms with Crippen LogP contribution in [-0.2, 0) is 16.0 Å². The first kappa shape index (κ1) is 23.1. The molecule has 0 saturated heterocycles. The average molecular weight is 484 g/mol. The predicted octanol–water partition coefficient (Wildman–Crippen LogP) is 6.31. The summed E-state index contributed by atoms with van der Waals surface area (Å²) in [7, 11) is 0. The maximum absolute atomic E-state index is 12.4. The van der Waals surface area contributed by atoms with E-state index in [0.29, 0.717) is 22.9 Å². The quantitative estimate of drug-likeness (QED) is 0.393. The zero-order valence-electron chi connectivity index (χ0n) is 17.8. The van der Waals surface area contributed by atoms with Crippen LogP contribution in [0.5, 0.6) is 0 Å². The number of hydrogen-bond acceptors (Lipinski definition) is 3. The smallest absolute Gasteiger partial charge is 0.407 e. The molecule has 0 radical (unpaired) electrons. The molecule has 3 aromatic rings. The van der Waals surface area contributed by atoms with Gasteiger partial charge < -0.3 is 15.2 Å². The van der Waals surface area contributed by atoms with Gasteiger partial charge in [0.1, 0.15) is 12.6 Å². The maximum atomic E-state index is 12.4. The van der Waals surface area contributed by atoms with Crippen molar-refractivity contribution in [3.63, 3.8) is 0 Å². The lowest BCUT2D eigenvalue weighted by atomic mass is 9.98. The van der Waals surface area contributed by atoms with Gasteiger partial charge in [-0.3, -0.25) is 0 Å². The van der Waals surface area contributed by atoms with E-state index in [9.17, 15) is 14.7 Å². The molecule has 0 bridgehead atoms. The number of hydrogen-bond donors (Lipinski definition) is 2. The summed E-state index contributed by atoms with van der Waals surface area (Å²) in [6.07, 6.45) is 0.472. The van der Waals surface area contributed by atoms with Crippen molar-refractivity contribution in [2.45, 2.75) is 31.2 Å². The molecule has 0 saturated carbocycles. The Balaban J connectivity index is 1.35. The van der Waals surface area contributed by atoms with Crippen LogP contribution in [0, 0.1) is 0 Å². The highest BCUT2D eigenvalue weighted by Gasteiger charge is 2.29. The number of aliphatic carboxylic acids is 1. The number of carbonyl (C=O) groups is 2.